The Labute approximate surface area is 196 Å². The summed E-state index contributed by atoms with van der Waals surface area (Å²) in [5.74, 6) is -1.01. The molecule has 0 aromatic heterocycles. The van der Waals surface area contributed by atoms with Gasteiger partial charge >= 0.3 is 0 Å². The lowest BCUT2D eigenvalue weighted by atomic mass is 10.1. The number of amides is 2. The van der Waals surface area contributed by atoms with Gasteiger partial charge in [-0.2, -0.15) is 0 Å². The zero-order valence-electron chi connectivity index (χ0n) is 18.9. The van der Waals surface area contributed by atoms with E-state index in [1.165, 1.54) is 55.6 Å². The number of halogens is 2. The Bertz CT molecular complexity index is 1060. The smallest absolute Gasteiger partial charge is 0.253 e. The number of hydrogen-bond acceptors (Lipinski definition) is 4. The Morgan fingerprint density at radius 2 is 1.35 bits per heavy atom. The number of benzene rings is 3. The van der Waals surface area contributed by atoms with Crippen LogP contribution >= 0.6 is 0 Å². The van der Waals surface area contributed by atoms with Crippen molar-refractivity contribution in [2.24, 2.45) is 0 Å². The van der Waals surface area contributed by atoms with E-state index in [-0.39, 0.29) is 11.1 Å². The van der Waals surface area contributed by atoms with Crippen molar-refractivity contribution in [1.29, 1.82) is 0 Å². The Balaban J connectivity index is 1.88. The topological polar surface area (TPSA) is 76.7 Å². The maximum Gasteiger partial charge on any atom is 0.253 e. The molecule has 2 amide bonds. The van der Waals surface area contributed by atoms with Crippen LogP contribution in [0.3, 0.4) is 0 Å². The van der Waals surface area contributed by atoms with Crippen molar-refractivity contribution in [3.8, 4) is 11.5 Å². The predicted molar refractivity (Wildman–Crippen MR) is 124 cm³/mol. The second-order valence-electron chi connectivity index (χ2n) is 7.51. The Hall–Kier alpha value is -3.94. The van der Waals surface area contributed by atoms with Crippen LogP contribution < -0.4 is 20.1 Å². The molecule has 0 aliphatic rings. The average molecular weight is 469 g/mol. The summed E-state index contributed by atoms with van der Waals surface area (Å²) in [5, 5.41) is 5.48. The van der Waals surface area contributed by atoms with Crippen LogP contribution in [0.5, 0.6) is 11.5 Å². The number of carbonyl (C=O) groups excluding carboxylic acids is 2. The van der Waals surface area contributed by atoms with Crippen LogP contribution in [-0.4, -0.2) is 25.5 Å². The van der Waals surface area contributed by atoms with Crippen molar-refractivity contribution < 1.29 is 27.8 Å². The van der Waals surface area contributed by atoms with Crippen molar-refractivity contribution in [2.45, 2.75) is 25.9 Å². The number of nitrogens with one attached hydrogen (secondary N) is 2. The minimum absolute atomic E-state index is 0.217. The number of unbranched alkanes of at least 4 members (excludes halogenated alkanes) is 1. The van der Waals surface area contributed by atoms with E-state index in [9.17, 15) is 18.4 Å². The fourth-order valence-electron chi connectivity index (χ4n) is 3.14. The molecule has 0 bridgehead atoms. The summed E-state index contributed by atoms with van der Waals surface area (Å²) in [6, 6.07) is 15.1. The first-order chi connectivity index (χ1) is 16.4. The van der Waals surface area contributed by atoms with Crippen LogP contribution in [0.2, 0.25) is 0 Å². The maximum absolute atomic E-state index is 13.3. The molecule has 8 heteroatoms. The fourth-order valence-corrected chi connectivity index (χ4v) is 3.14. The third-order valence-corrected chi connectivity index (χ3v) is 5.04. The minimum Gasteiger partial charge on any atom is -0.493 e. The van der Waals surface area contributed by atoms with E-state index in [1.807, 2.05) is 0 Å². The van der Waals surface area contributed by atoms with Gasteiger partial charge in [0.1, 0.15) is 17.8 Å². The van der Waals surface area contributed by atoms with E-state index >= 15 is 0 Å². The van der Waals surface area contributed by atoms with E-state index in [4.69, 9.17) is 9.47 Å². The van der Waals surface area contributed by atoms with E-state index in [1.54, 1.807) is 18.2 Å². The molecule has 0 saturated heterocycles. The Morgan fingerprint density at radius 3 is 1.82 bits per heavy atom. The van der Waals surface area contributed by atoms with Gasteiger partial charge in [-0.1, -0.05) is 19.4 Å². The molecule has 0 saturated carbocycles. The molecule has 0 aliphatic carbocycles. The van der Waals surface area contributed by atoms with Crippen LogP contribution in [0.15, 0.2) is 66.7 Å². The number of rotatable bonds is 10. The second-order valence-corrected chi connectivity index (χ2v) is 7.51. The van der Waals surface area contributed by atoms with Gasteiger partial charge in [-0.3, -0.25) is 9.59 Å². The molecule has 6 nitrogen and oxygen atoms in total. The minimum atomic E-state index is -0.964. The van der Waals surface area contributed by atoms with E-state index in [0.717, 1.165) is 12.8 Å². The average Bonchev–Trinajstić information content (AvgIpc) is 2.84. The summed E-state index contributed by atoms with van der Waals surface area (Å²) in [4.78, 5) is 25.6. The predicted octanol–water partition coefficient (Wildman–Crippen LogP) is 5.01. The van der Waals surface area contributed by atoms with E-state index in [2.05, 4.69) is 17.6 Å². The van der Waals surface area contributed by atoms with Gasteiger partial charge in [-0.15, -0.1) is 0 Å². The third kappa shape index (κ3) is 6.54. The van der Waals surface area contributed by atoms with Crippen LogP contribution in [0.1, 0.15) is 52.2 Å². The molecule has 0 radical (unpaired) electrons. The van der Waals surface area contributed by atoms with Gasteiger partial charge in [-0.25, -0.2) is 8.78 Å². The van der Waals surface area contributed by atoms with Crippen LogP contribution in [0, 0.1) is 11.6 Å². The molecule has 0 atom stereocenters. The summed E-state index contributed by atoms with van der Waals surface area (Å²) >= 11 is 0. The van der Waals surface area contributed by atoms with Gasteiger partial charge in [-0.05, 0) is 72.6 Å². The van der Waals surface area contributed by atoms with Gasteiger partial charge in [0.25, 0.3) is 11.8 Å². The molecule has 0 heterocycles. The molecular formula is C26H26F2N2O4. The summed E-state index contributed by atoms with van der Waals surface area (Å²) in [5.41, 5.74) is 0.952. The summed E-state index contributed by atoms with van der Waals surface area (Å²) < 4.78 is 37.7. The molecule has 34 heavy (non-hydrogen) atoms. The quantitative estimate of drug-likeness (QED) is 0.324. The van der Waals surface area contributed by atoms with Crippen LogP contribution in [0.4, 0.5) is 8.78 Å². The van der Waals surface area contributed by atoms with Crippen LogP contribution in [0.25, 0.3) is 0 Å². The van der Waals surface area contributed by atoms with Gasteiger partial charge in [0, 0.05) is 11.1 Å². The number of ether oxygens (including phenoxy) is 2. The number of methoxy groups -OCH3 is 1. The SMILES string of the molecule is CCCCOc1ccc(C(NC(=O)c2ccc(F)cc2)NC(=O)c2ccc(F)cc2)cc1OC. The first-order valence-electron chi connectivity index (χ1n) is 10.8. The first kappa shape index (κ1) is 24.7. The first-order valence-corrected chi connectivity index (χ1v) is 10.8. The van der Waals surface area contributed by atoms with Crippen LogP contribution in [-0.2, 0) is 0 Å². The molecule has 0 spiro atoms. The molecule has 178 valence electrons. The van der Waals surface area contributed by atoms with Gasteiger partial charge < -0.3 is 20.1 Å². The van der Waals surface area contributed by atoms with Crippen molar-refractivity contribution in [3.63, 3.8) is 0 Å². The summed E-state index contributed by atoms with van der Waals surface area (Å²) in [6.45, 7) is 2.58. The Kier molecular flexibility index (Phi) is 8.56. The zero-order valence-corrected chi connectivity index (χ0v) is 18.9. The normalized spacial score (nSPS) is 10.6. The highest BCUT2D eigenvalue weighted by Gasteiger charge is 2.21. The Morgan fingerprint density at radius 1 is 0.824 bits per heavy atom. The molecular weight excluding hydrogens is 442 g/mol. The monoisotopic (exact) mass is 468 g/mol. The van der Waals surface area contributed by atoms with Crippen molar-refractivity contribution >= 4 is 11.8 Å². The highest BCUT2D eigenvalue weighted by atomic mass is 19.1. The van der Waals surface area contributed by atoms with Crippen molar-refractivity contribution in [2.75, 3.05) is 13.7 Å². The lowest BCUT2D eigenvalue weighted by Crippen LogP contribution is -2.41. The largest absolute Gasteiger partial charge is 0.493 e. The fraction of sp³-hybridized carbons (Fsp3) is 0.231. The molecule has 3 aromatic carbocycles. The van der Waals surface area contributed by atoms with Crippen molar-refractivity contribution in [1.82, 2.24) is 10.6 Å². The molecule has 3 aromatic rings. The van der Waals surface area contributed by atoms with Gasteiger partial charge in [0.2, 0.25) is 0 Å². The number of carbonyl (C=O) groups is 2. The summed E-state index contributed by atoms with van der Waals surface area (Å²) in [6.07, 6.45) is 0.899. The highest BCUT2D eigenvalue weighted by Crippen LogP contribution is 2.30. The van der Waals surface area contributed by atoms with E-state index < -0.39 is 29.6 Å². The van der Waals surface area contributed by atoms with Crippen molar-refractivity contribution in [3.05, 3.63) is 95.1 Å². The van der Waals surface area contributed by atoms with Gasteiger partial charge in [0.05, 0.1) is 13.7 Å². The third-order valence-electron chi connectivity index (χ3n) is 5.04. The lowest BCUT2D eigenvalue weighted by molar-refractivity contribution is 0.0883. The number of hydrogen-bond donors (Lipinski definition) is 2. The standard InChI is InChI=1S/C26H26F2N2O4/c1-3-4-15-34-22-14-9-19(16-23(22)33-2)24(29-25(31)17-5-10-20(27)11-6-17)30-26(32)18-7-12-21(28)13-8-18/h5-14,16,24H,3-4,15H2,1-2H3,(H,29,31)(H,30,32). The van der Waals surface area contributed by atoms with Gasteiger partial charge in [0.15, 0.2) is 11.5 Å². The maximum atomic E-state index is 13.3. The zero-order chi connectivity index (χ0) is 24.5. The van der Waals surface area contributed by atoms with E-state index in [0.29, 0.717) is 23.7 Å². The molecule has 3 rings (SSSR count). The second kappa shape index (κ2) is 11.8. The lowest BCUT2D eigenvalue weighted by Gasteiger charge is -2.22. The molecule has 0 aliphatic heterocycles. The summed E-state index contributed by atoms with van der Waals surface area (Å²) in [7, 11) is 1.50. The highest BCUT2D eigenvalue weighted by molar-refractivity contribution is 5.96. The molecule has 0 unspecified atom stereocenters. The molecule has 2 N–H and O–H groups in total. The molecule has 0 fully saturated rings.